The average molecular weight is 560 g/mol. The van der Waals surface area contributed by atoms with Crippen LogP contribution in [0.25, 0.3) is 0 Å². The summed E-state index contributed by atoms with van der Waals surface area (Å²) in [5.41, 5.74) is 2.33. The van der Waals surface area contributed by atoms with E-state index >= 15 is 0 Å². The number of hydrogen-bond donors (Lipinski definition) is 0. The Labute approximate surface area is 248 Å². The molecule has 1 unspecified atom stereocenters. The number of rotatable bonds is 9. The van der Waals surface area contributed by atoms with Crippen LogP contribution in [-0.2, 0) is 20.8 Å². The summed E-state index contributed by atoms with van der Waals surface area (Å²) in [6, 6.07) is 36.2. The molecule has 1 atom stereocenters. The second-order valence-electron chi connectivity index (χ2n) is 11.2. The van der Waals surface area contributed by atoms with Gasteiger partial charge in [0.1, 0.15) is 12.0 Å². The molecule has 42 heavy (non-hydrogen) atoms. The Bertz CT molecular complexity index is 1540. The van der Waals surface area contributed by atoms with Gasteiger partial charge in [-0.15, -0.1) is 0 Å². The molecular weight excluding hydrogens is 522 g/mol. The molecule has 1 aliphatic rings. The third-order valence-corrected chi connectivity index (χ3v) is 7.92. The van der Waals surface area contributed by atoms with Crippen molar-refractivity contribution < 1.29 is 14.4 Å². The largest absolute Gasteiger partial charge is 0.308 e. The molecule has 0 fully saturated rings. The number of carbonyl (C=O) groups is 3. The molecule has 6 nitrogen and oxygen atoms in total. The summed E-state index contributed by atoms with van der Waals surface area (Å²) in [5.74, 6) is -0.874. The van der Waals surface area contributed by atoms with E-state index in [9.17, 15) is 14.4 Å². The van der Waals surface area contributed by atoms with Gasteiger partial charge in [0.25, 0.3) is 0 Å². The van der Waals surface area contributed by atoms with Crippen molar-refractivity contribution >= 4 is 40.5 Å². The van der Waals surface area contributed by atoms with E-state index in [1.165, 1.54) is 4.90 Å². The number of nitrogens with zero attached hydrogens (tertiary/aromatic N) is 3. The van der Waals surface area contributed by atoms with Gasteiger partial charge >= 0.3 is 0 Å². The van der Waals surface area contributed by atoms with Crippen molar-refractivity contribution in [3.05, 3.63) is 121 Å². The number of anilines is 4. The van der Waals surface area contributed by atoms with Crippen LogP contribution in [0.1, 0.15) is 39.2 Å². The zero-order chi connectivity index (χ0) is 29.7. The third-order valence-electron chi connectivity index (χ3n) is 7.92. The van der Waals surface area contributed by atoms with Crippen molar-refractivity contribution in [3.8, 4) is 0 Å². The Hall–Kier alpha value is -4.71. The molecule has 4 aromatic rings. The number of fused-ring (bicyclic) bond motifs is 1. The summed E-state index contributed by atoms with van der Waals surface area (Å²) < 4.78 is 0. The maximum Gasteiger partial charge on any atom is 0.247 e. The highest BCUT2D eigenvalue weighted by atomic mass is 16.2. The Morgan fingerprint density at radius 2 is 1.29 bits per heavy atom. The summed E-state index contributed by atoms with van der Waals surface area (Å²) in [4.78, 5) is 48.1. The predicted molar refractivity (Wildman–Crippen MR) is 169 cm³/mol. The van der Waals surface area contributed by atoms with Crippen LogP contribution in [0, 0.1) is 5.41 Å². The van der Waals surface area contributed by atoms with E-state index < -0.39 is 5.41 Å². The quantitative estimate of drug-likeness (QED) is 0.204. The number of aryl methyl sites for hydroxylation is 1. The number of hydrogen-bond acceptors (Lipinski definition) is 3. The highest BCUT2D eigenvalue weighted by Crippen LogP contribution is 2.44. The lowest BCUT2D eigenvalue weighted by Gasteiger charge is -2.33. The minimum atomic E-state index is -1.39. The van der Waals surface area contributed by atoms with E-state index in [0.29, 0.717) is 29.9 Å². The summed E-state index contributed by atoms with van der Waals surface area (Å²) in [5, 5.41) is 0. The molecule has 1 heterocycles. The standard InChI is InChI=1S/C36H37N3O3/c1-27(2)38(29-19-9-5-10-20-29)33(40)26-37-31-23-13-14-24-32(31)39(30-21-11-6-12-22-30)35(42)36(3,34(37)41)25-15-18-28-16-7-4-8-17-28/h4-14,16-17,19-24,27H,15,18,25-26H2,1-3H3. The highest BCUT2D eigenvalue weighted by molar-refractivity contribution is 6.23. The topological polar surface area (TPSA) is 60.9 Å². The fourth-order valence-electron chi connectivity index (χ4n) is 5.76. The molecule has 1 aliphatic heterocycles. The second kappa shape index (κ2) is 12.4. The Balaban J connectivity index is 1.57. The number of para-hydroxylation sites is 4. The lowest BCUT2D eigenvalue weighted by molar-refractivity contribution is -0.139. The molecule has 0 radical (unpaired) electrons. The Kier molecular flexibility index (Phi) is 8.53. The number of benzene rings is 4. The van der Waals surface area contributed by atoms with E-state index in [1.807, 2.05) is 117 Å². The van der Waals surface area contributed by atoms with Crippen molar-refractivity contribution in [2.75, 3.05) is 21.2 Å². The first kappa shape index (κ1) is 28.8. The highest BCUT2D eigenvalue weighted by Gasteiger charge is 2.50. The van der Waals surface area contributed by atoms with Crippen molar-refractivity contribution in [3.63, 3.8) is 0 Å². The van der Waals surface area contributed by atoms with Gasteiger partial charge in [-0.3, -0.25) is 24.2 Å². The minimum absolute atomic E-state index is 0.128. The van der Waals surface area contributed by atoms with Crippen LogP contribution in [0.15, 0.2) is 115 Å². The van der Waals surface area contributed by atoms with Crippen molar-refractivity contribution in [2.45, 2.75) is 46.1 Å². The van der Waals surface area contributed by atoms with Gasteiger partial charge in [0.15, 0.2) is 0 Å². The zero-order valence-corrected chi connectivity index (χ0v) is 24.4. The summed E-state index contributed by atoms with van der Waals surface area (Å²) in [7, 11) is 0. The summed E-state index contributed by atoms with van der Waals surface area (Å²) in [6.07, 6.45) is 1.72. The zero-order valence-electron chi connectivity index (χ0n) is 24.4. The van der Waals surface area contributed by atoms with Gasteiger partial charge in [0, 0.05) is 17.4 Å². The van der Waals surface area contributed by atoms with E-state index in [-0.39, 0.29) is 30.3 Å². The fraction of sp³-hybridized carbons (Fsp3) is 0.250. The minimum Gasteiger partial charge on any atom is -0.308 e. The first-order valence-electron chi connectivity index (χ1n) is 14.5. The van der Waals surface area contributed by atoms with Gasteiger partial charge in [0.05, 0.1) is 11.4 Å². The maximum absolute atomic E-state index is 14.6. The van der Waals surface area contributed by atoms with Gasteiger partial charge in [-0.2, -0.15) is 0 Å². The van der Waals surface area contributed by atoms with E-state index in [4.69, 9.17) is 0 Å². The fourth-order valence-corrected chi connectivity index (χ4v) is 5.76. The molecule has 0 spiro atoms. The molecular formula is C36H37N3O3. The molecule has 0 aromatic heterocycles. The van der Waals surface area contributed by atoms with Gasteiger partial charge in [-0.25, -0.2) is 0 Å². The molecule has 0 saturated carbocycles. The van der Waals surface area contributed by atoms with Gasteiger partial charge in [-0.05, 0) is 82.0 Å². The lowest BCUT2D eigenvalue weighted by atomic mass is 9.81. The van der Waals surface area contributed by atoms with Gasteiger partial charge in [0.2, 0.25) is 17.7 Å². The van der Waals surface area contributed by atoms with Crippen LogP contribution in [0.3, 0.4) is 0 Å². The van der Waals surface area contributed by atoms with Crippen LogP contribution in [0.2, 0.25) is 0 Å². The maximum atomic E-state index is 14.6. The first-order chi connectivity index (χ1) is 20.3. The van der Waals surface area contributed by atoms with Crippen LogP contribution in [-0.4, -0.2) is 30.3 Å². The van der Waals surface area contributed by atoms with Crippen LogP contribution >= 0.6 is 0 Å². The monoisotopic (exact) mass is 559 g/mol. The molecule has 6 heteroatoms. The van der Waals surface area contributed by atoms with E-state index in [0.717, 1.165) is 17.7 Å². The van der Waals surface area contributed by atoms with Crippen molar-refractivity contribution in [2.24, 2.45) is 5.41 Å². The third kappa shape index (κ3) is 5.70. The van der Waals surface area contributed by atoms with Gasteiger partial charge < -0.3 is 4.90 Å². The normalized spacial score (nSPS) is 16.8. The average Bonchev–Trinajstić information content (AvgIpc) is 3.07. The van der Waals surface area contributed by atoms with Crippen molar-refractivity contribution in [1.29, 1.82) is 0 Å². The van der Waals surface area contributed by atoms with Crippen LogP contribution < -0.4 is 14.7 Å². The van der Waals surface area contributed by atoms with E-state index in [2.05, 4.69) is 12.1 Å². The second-order valence-corrected chi connectivity index (χ2v) is 11.2. The lowest BCUT2D eigenvalue weighted by Crippen LogP contribution is -2.52. The molecule has 5 rings (SSSR count). The van der Waals surface area contributed by atoms with Crippen molar-refractivity contribution in [1.82, 2.24) is 0 Å². The number of carbonyl (C=O) groups excluding carboxylic acids is 3. The molecule has 214 valence electrons. The SMILES string of the molecule is CC(C)N(C(=O)CN1C(=O)C(C)(CCCc2ccccc2)C(=O)N(c2ccccc2)c2ccccc21)c1ccccc1. The Morgan fingerprint density at radius 1 is 0.738 bits per heavy atom. The molecule has 0 aliphatic carbocycles. The van der Waals surface area contributed by atoms with E-state index in [1.54, 1.807) is 16.7 Å². The summed E-state index contributed by atoms with van der Waals surface area (Å²) in [6.45, 7) is 5.46. The predicted octanol–water partition coefficient (Wildman–Crippen LogP) is 7.17. The first-order valence-corrected chi connectivity index (χ1v) is 14.5. The molecule has 4 aromatic carbocycles. The molecule has 0 N–H and O–H groups in total. The Morgan fingerprint density at radius 3 is 1.90 bits per heavy atom. The summed E-state index contributed by atoms with van der Waals surface area (Å²) >= 11 is 0. The molecule has 3 amide bonds. The number of amides is 3. The molecule has 0 bridgehead atoms. The van der Waals surface area contributed by atoms with Crippen LogP contribution in [0.5, 0.6) is 0 Å². The smallest absolute Gasteiger partial charge is 0.247 e. The van der Waals surface area contributed by atoms with Crippen LogP contribution in [0.4, 0.5) is 22.7 Å². The van der Waals surface area contributed by atoms with Gasteiger partial charge in [-0.1, -0.05) is 78.9 Å². The molecule has 0 saturated heterocycles.